The summed E-state index contributed by atoms with van der Waals surface area (Å²) >= 11 is 0. The highest BCUT2D eigenvalue weighted by molar-refractivity contribution is 7.91. The molecule has 1 aliphatic carbocycles. The Morgan fingerprint density at radius 1 is 1.25 bits per heavy atom. The van der Waals surface area contributed by atoms with Gasteiger partial charge in [-0.2, -0.15) is 0 Å². The highest BCUT2D eigenvalue weighted by Crippen LogP contribution is 2.29. The molecule has 1 N–H and O–H groups in total. The van der Waals surface area contributed by atoms with Crippen LogP contribution >= 0.6 is 0 Å². The summed E-state index contributed by atoms with van der Waals surface area (Å²) in [6.45, 7) is 4.02. The van der Waals surface area contributed by atoms with Crippen molar-refractivity contribution in [3.63, 3.8) is 0 Å². The molecule has 0 amide bonds. The van der Waals surface area contributed by atoms with Gasteiger partial charge in [-0.25, -0.2) is 21.6 Å². The molecule has 1 aliphatic rings. The van der Waals surface area contributed by atoms with Crippen molar-refractivity contribution in [2.24, 2.45) is 0 Å². The molecule has 0 spiro atoms. The second-order valence-corrected chi connectivity index (χ2v) is 9.56. The third-order valence-corrected chi connectivity index (χ3v) is 6.83. The number of hydrogen-bond donors (Lipinski definition) is 1. The number of aryl methyl sites for hydroxylation is 1. The van der Waals surface area contributed by atoms with Gasteiger partial charge in [0, 0.05) is 20.0 Å². The Morgan fingerprint density at radius 3 is 2.46 bits per heavy atom. The second kappa shape index (κ2) is 7.09. The molecule has 0 aromatic heterocycles. The van der Waals surface area contributed by atoms with Crippen molar-refractivity contribution >= 4 is 19.9 Å². The van der Waals surface area contributed by atoms with Gasteiger partial charge < -0.3 is 9.47 Å². The first kappa shape index (κ1) is 19.3. The maximum absolute atomic E-state index is 12.7. The number of benzene rings is 1. The van der Waals surface area contributed by atoms with E-state index in [0.717, 1.165) is 6.26 Å². The molecule has 0 saturated heterocycles. The first-order valence-electron chi connectivity index (χ1n) is 7.57. The van der Waals surface area contributed by atoms with Gasteiger partial charge in [0.2, 0.25) is 10.0 Å². The Hall–Kier alpha value is -1.00. The first-order chi connectivity index (χ1) is 11.1. The van der Waals surface area contributed by atoms with E-state index < -0.39 is 25.9 Å². The van der Waals surface area contributed by atoms with Crippen molar-refractivity contribution in [1.29, 1.82) is 0 Å². The van der Waals surface area contributed by atoms with Crippen LogP contribution in [-0.2, 0) is 29.3 Å². The van der Waals surface area contributed by atoms with E-state index in [1.54, 1.807) is 6.92 Å². The van der Waals surface area contributed by atoms with E-state index in [4.69, 9.17) is 9.47 Å². The summed E-state index contributed by atoms with van der Waals surface area (Å²) in [5, 5.41) is 0. The monoisotopic (exact) mass is 377 g/mol. The molecule has 24 heavy (non-hydrogen) atoms. The van der Waals surface area contributed by atoms with Gasteiger partial charge in [-0.15, -0.1) is 0 Å². The number of sulfone groups is 1. The van der Waals surface area contributed by atoms with E-state index in [-0.39, 0.29) is 22.0 Å². The quantitative estimate of drug-likeness (QED) is 0.757. The normalized spacial score (nSPS) is 24.6. The van der Waals surface area contributed by atoms with Crippen molar-refractivity contribution in [1.82, 2.24) is 4.72 Å². The van der Waals surface area contributed by atoms with Gasteiger partial charge in [0.25, 0.3) is 0 Å². The van der Waals surface area contributed by atoms with E-state index in [0.29, 0.717) is 18.6 Å². The van der Waals surface area contributed by atoms with Crippen LogP contribution in [0.5, 0.6) is 0 Å². The number of rotatable bonds is 7. The van der Waals surface area contributed by atoms with E-state index in [2.05, 4.69) is 4.72 Å². The Bertz CT molecular complexity index is 803. The van der Waals surface area contributed by atoms with Gasteiger partial charge in [-0.3, -0.25) is 0 Å². The van der Waals surface area contributed by atoms with Gasteiger partial charge in [-0.05, 0) is 38.0 Å². The number of sulfonamides is 1. The van der Waals surface area contributed by atoms with Gasteiger partial charge in [0.1, 0.15) is 0 Å². The molecular weight excluding hydrogens is 354 g/mol. The second-order valence-electron chi connectivity index (χ2n) is 5.86. The summed E-state index contributed by atoms with van der Waals surface area (Å²) in [5.74, 6) is 0. The molecule has 0 radical (unpaired) electrons. The molecule has 1 saturated carbocycles. The van der Waals surface area contributed by atoms with Crippen LogP contribution in [0.3, 0.4) is 0 Å². The summed E-state index contributed by atoms with van der Waals surface area (Å²) in [6, 6.07) is 3.67. The van der Waals surface area contributed by atoms with Crippen molar-refractivity contribution in [2.75, 3.05) is 20.0 Å². The molecule has 2 rings (SSSR count). The average Bonchev–Trinajstić information content (AvgIpc) is 2.45. The third-order valence-electron chi connectivity index (χ3n) is 4.09. The predicted molar refractivity (Wildman–Crippen MR) is 89.2 cm³/mol. The Balaban J connectivity index is 2.26. The van der Waals surface area contributed by atoms with E-state index in [1.807, 2.05) is 6.92 Å². The van der Waals surface area contributed by atoms with E-state index in [9.17, 15) is 16.8 Å². The number of nitrogens with one attached hydrogen (secondary N) is 1. The zero-order valence-electron chi connectivity index (χ0n) is 14.1. The largest absolute Gasteiger partial charge is 0.377 e. The minimum Gasteiger partial charge on any atom is -0.377 e. The van der Waals surface area contributed by atoms with E-state index in [1.165, 1.54) is 25.3 Å². The predicted octanol–water partition coefficient (Wildman–Crippen LogP) is 0.869. The molecular formula is C15H23NO6S2. The molecule has 0 aliphatic heterocycles. The van der Waals surface area contributed by atoms with Crippen molar-refractivity contribution in [2.45, 2.75) is 48.3 Å². The van der Waals surface area contributed by atoms with Crippen LogP contribution < -0.4 is 4.72 Å². The third kappa shape index (κ3) is 3.97. The Labute approximate surface area is 143 Å². The molecule has 0 unspecified atom stereocenters. The lowest BCUT2D eigenvalue weighted by Gasteiger charge is -2.43. The SMILES string of the molecule is CCO[C@@H]1C[C@H](NS(=O)(=O)c2cc(S(C)(=O)=O)ccc2C)[C@@H]1OC. The van der Waals surface area contributed by atoms with Crippen molar-refractivity contribution in [3.05, 3.63) is 23.8 Å². The molecule has 7 nitrogen and oxygen atoms in total. The fourth-order valence-corrected chi connectivity index (χ4v) is 5.00. The van der Waals surface area contributed by atoms with Crippen LogP contribution in [0.15, 0.2) is 28.0 Å². The minimum atomic E-state index is -3.87. The minimum absolute atomic E-state index is 0.0300. The zero-order valence-corrected chi connectivity index (χ0v) is 15.8. The Morgan fingerprint density at radius 2 is 1.92 bits per heavy atom. The fraction of sp³-hybridized carbons (Fsp3) is 0.600. The highest BCUT2D eigenvalue weighted by atomic mass is 32.2. The lowest BCUT2D eigenvalue weighted by atomic mass is 9.86. The van der Waals surface area contributed by atoms with Crippen LogP contribution in [0, 0.1) is 6.92 Å². The van der Waals surface area contributed by atoms with Gasteiger partial charge in [-0.1, -0.05) is 6.07 Å². The van der Waals surface area contributed by atoms with E-state index >= 15 is 0 Å². The van der Waals surface area contributed by atoms with Crippen molar-refractivity contribution < 1.29 is 26.3 Å². The molecule has 3 atom stereocenters. The Kier molecular flexibility index (Phi) is 5.71. The number of ether oxygens (including phenoxy) is 2. The summed E-state index contributed by atoms with van der Waals surface area (Å²) in [7, 11) is -5.85. The summed E-state index contributed by atoms with van der Waals surface area (Å²) in [5.41, 5.74) is 0.476. The molecule has 136 valence electrons. The summed E-state index contributed by atoms with van der Waals surface area (Å²) in [4.78, 5) is -0.0716. The molecule has 1 fully saturated rings. The average molecular weight is 377 g/mol. The molecule has 1 aromatic carbocycles. The maximum atomic E-state index is 12.7. The molecule has 1 aromatic rings. The standard InChI is InChI=1S/C15H23NO6S2/c1-5-22-13-9-12(15(13)21-3)16-24(19,20)14-8-11(23(4,17)18)7-6-10(14)2/h6-8,12-13,15-16H,5,9H2,1-4H3/t12-,13+,15-/m0/s1. The van der Waals surface area contributed by atoms with Crippen LogP contribution in [0.4, 0.5) is 0 Å². The van der Waals surface area contributed by atoms with Crippen LogP contribution in [-0.4, -0.2) is 55.1 Å². The highest BCUT2D eigenvalue weighted by Gasteiger charge is 2.44. The summed E-state index contributed by atoms with van der Waals surface area (Å²) < 4.78 is 62.0. The van der Waals surface area contributed by atoms with Crippen LogP contribution in [0.1, 0.15) is 18.9 Å². The zero-order chi connectivity index (χ0) is 18.1. The smallest absolute Gasteiger partial charge is 0.241 e. The topological polar surface area (TPSA) is 98.8 Å². The fourth-order valence-electron chi connectivity index (χ4n) is 2.75. The van der Waals surface area contributed by atoms with Gasteiger partial charge in [0.05, 0.1) is 28.0 Å². The lowest BCUT2D eigenvalue weighted by molar-refractivity contribution is -0.126. The molecule has 9 heteroatoms. The van der Waals surface area contributed by atoms with Gasteiger partial charge in [0.15, 0.2) is 9.84 Å². The van der Waals surface area contributed by atoms with Gasteiger partial charge >= 0.3 is 0 Å². The number of hydrogen-bond acceptors (Lipinski definition) is 6. The number of methoxy groups -OCH3 is 1. The maximum Gasteiger partial charge on any atom is 0.241 e. The van der Waals surface area contributed by atoms with Crippen LogP contribution in [0.2, 0.25) is 0 Å². The summed E-state index contributed by atoms with van der Waals surface area (Å²) in [6.07, 6.45) is 1.05. The lowest BCUT2D eigenvalue weighted by Crippen LogP contribution is -2.60. The molecule has 0 heterocycles. The first-order valence-corrected chi connectivity index (χ1v) is 10.9. The van der Waals surface area contributed by atoms with Crippen LogP contribution in [0.25, 0.3) is 0 Å². The molecule has 0 bridgehead atoms. The van der Waals surface area contributed by atoms with Crippen molar-refractivity contribution in [3.8, 4) is 0 Å².